The minimum absolute atomic E-state index is 0.425. The molecule has 0 heterocycles. The van der Waals surface area contributed by atoms with E-state index in [1.165, 1.54) is 25.7 Å². The predicted molar refractivity (Wildman–Crippen MR) is 66.8 cm³/mol. The highest BCUT2D eigenvalue weighted by molar-refractivity contribution is 5.47. The van der Waals surface area contributed by atoms with Crippen LogP contribution in [-0.4, -0.2) is 6.04 Å². The van der Waals surface area contributed by atoms with Gasteiger partial charge >= 0.3 is 0 Å². The van der Waals surface area contributed by atoms with Crippen LogP contribution in [0.5, 0.6) is 0 Å². The van der Waals surface area contributed by atoms with Crippen LogP contribution in [0.4, 0.5) is 11.4 Å². The van der Waals surface area contributed by atoms with Crippen LogP contribution in [-0.2, 0) is 0 Å². The molecular formula is C13H19N3. The van der Waals surface area contributed by atoms with Gasteiger partial charge in [-0.1, -0.05) is 6.92 Å². The Morgan fingerprint density at radius 2 is 1.69 bits per heavy atom. The third kappa shape index (κ3) is 3.05. The predicted octanol–water partition coefficient (Wildman–Crippen LogP) is 3.93. The Balaban J connectivity index is 1.91. The molecule has 0 atom stereocenters. The minimum atomic E-state index is 0.425. The number of anilines is 1. The molecule has 0 saturated heterocycles. The molecule has 2 N–H and O–H groups in total. The molecule has 0 aliphatic heterocycles. The van der Waals surface area contributed by atoms with Gasteiger partial charge in [0.25, 0.3) is 0 Å². The second-order valence-corrected chi connectivity index (χ2v) is 4.72. The fourth-order valence-corrected chi connectivity index (χ4v) is 2.05. The molecule has 1 fully saturated rings. The van der Waals surface area contributed by atoms with Gasteiger partial charge < -0.3 is 5.73 Å². The molecule has 0 unspecified atom stereocenters. The van der Waals surface area contributed by atoms with Crippen molar-refractivity contribution in [2.24, 2.45) is 16.1 Å². The summed E-state index contributed by atoms with van der Waals surface area (Å²) in [7, 11) is 0. The van der Waals surface area contributed by atoms with Crippen molar-refractivity contribution in [3.8, 4) is 0 Å². The Bertz CT molecular complexity index is 348. The largest absolute Gasteiger partial charge is 0.399 e. The van der Waals surface area contributed by atoms with Crippen molar-refractivity contribution in [2.45, 2.75) is 38.6 Å². The number of hydrogen-bond acceptors (Lipinski definition) is 3. The molecule has 1 aromatic rings. The molecular weight excluding hydrogens is 198 g/mol. The highest BCUT2D eigenvalue weighted by atomic mass is 15.1. The van der Waals surface area contributed by atoms with Gasteiger partial charge in [-0.25, -0.2) is 0 Å². The van der Waals surface area contributed by atoms with Crippen molar-refractivity contribution in [3.63, 3.8) is 0 Å². The molecule has 0 bridgehead atoms. The Hall–Kier alpha value is -1.38. The second kappa shape index (κ2) is 5.10. The van der Waals surface area contributed by atoms with Crippen LogP contribution in [0.1, 0.15) is 32.6 Å². The highest BCUT2D eigenvalue weighted by Crippen LogP contribution is 2.26. The maximum Gasteiger partial charge on any atom is 0.0854 e. The molecule has 0 spiro atoms. The zero-order chi connectivity index (χ0) is 11.4. The number of nitrogen functional groups attached to an aromatic ring is 1. The number of rotatable bonds is 2. The van der Waals surface area contributed by atoms with Crippen molar-refractivity contribution in [1.29, 1.82) is 0 Å². The lowest BCUT2D eigenvalue weighted by atomic mass is 9.88. The molecule has 2 rings (SSSR count). The highest BCUT2D eigenvalue weighted by Gasteiger charge is 2.17. The number of nitrogens with two attached hydrogens (primary N) is 1. The summed E-state index contributed by atoms with van der Waals surface area (Å²) in [4.78, 5) is 0. The first-order valence-corrected chi connectivity index (χ1v) is 6.00. The zero-order valence-corrected chi connectivity index (χ0v) is 9.76. The summed E-state index contributed by atoms with van der Waals surface area (Å²) < 4.78 is 0. The Labute approximate surface area is 96.8 Å². The van der Waals surface area contributed by atoms with E-state index < -0.39 is 0 Å². The second-order valence-electron chi connectivity index (χ2n) is 4.72. The average molecular weight is 217 g/mol. The maximum absolute atomic E-state index is 5.61. The molecule has 0 amide bonds. The summed E-state index contributed by atoms with van der Waals surface area (Å²) in [5, 5.41) is 8.67. The summed E-state index contributed by atoms with van der Waals surface area (Å²) in [6.45, 7) is 2.31. The summed E-state index contributed by atoms with van der Waals surface area (Å²) in [5.41, 5.74) is 7.27. The number of benzene rings is 1. The molecule has 1 aliphatic carbocycles. The van der Waals surface area contributed by atoms with Crippen LogP contribution in [0.15, 0.2) is 34.5 Å². The smallest absolute Gasteiger partial charge is 0.0854 e. The topological polar surface area (TPSA) is 50.7 Å². The summed E-state index contributed by atoms with van der Waals surface area (Å²) in [6.07, 6.45) is 4.93. The van der Waals surface area contributed by atoms with Crippen molar-refractivity contribution < 1.29 is 0 Å². The Morgan fingerprint density at radius 3 is 2.31 bits per heavy atom. The van der Waals surface area contributed by atoms with Crippen LogP contribution in [0.3, 0.4) is 0 Å². The van der Waals surface area contributed by atoms with Gasteiger partial charge in [-0.2, -0.15) is 10.2 Å². The first-order chi connectivity index (χ1) is 7.74. The van der Waals surface area contributed by atoms with E-state index in [1.54, 1.807) is 0 Å². The third-order valence-electron chi connectivity index (χ3n) is 3.21. The molecule has 16 heavy (non-hydrogen) atoms. The van der Waals surface area contributed by atoms with E-state index in [2.05, 4.69) is 17.2 Å². The van der Waals surface area contributed by atoms with Crippen LogP contribution in [0.2, 0.25) is 0 Å². The first kappa shape index (κ1) is 11.1. The van der Waals surface area contributed by atoms with Gasteiger partial charge in [0.15, 0.2) is 0 Å². The van der Waals surface area contributed by atoms with Crippen LogP contribution < -0.4 is 5.73 Å². The molecule has 1 aromatic carbocycles. The van der Waals surface area contributed by atoms with Crippen LogP contribution in [0.25, 0.3) is 0 Å². The van der Waals surface area contributed by atoms with E-state index in [0.29, 0.717) is 6.04 Å². The maximum atomic E-state index is 5.61. The summed E-state index contributed by atoms with van der Waals surface area (Å²) in [6, 6.07) is 7.96. The lowest BCUT2D eigenvalue weighted by Crippen LogP contribution is -2.14. The number of azo groups is 1. The zero-order valence-electron chi connectivity index (χ0n) is 9.76. The normalized spacial score (nSPS) is 26.1. The number of nitrogens with zero attached hydrogens (tertiary/aromatic N) is 2. The number of hydrogen-bond donors (Lipinski definition) is 1. The lowest BCUT2D eigenvalue weighted by molar-refractivity contribution is 0.343. The van der Waals surface area contributed by atoms with Gasteiger partial charge in [-0.3, -0.25) is 0 Å². The minimum Gasteiger partial charge on any atom is -0.399 e. The van der Waals surface area contributed by atoms with Gasteiger partial charge in [0, 0.05) is 5.69 Å². The van der Waals surface area contributed by atoms with E-state index in [0.717, 1.165) is 17.3 Å². The lowest BCUT2D eigenvalue weighted by Gasteiger charge is -2.21. The van der Waals surface area contributed by atoms with E-state index in [4.69, 9.17) is 5.73 Å². The fraction of sp³-hybridized carbons (Fsp3) is 0.538. The van der Waals surface area contributed by atoms with Gasteiger partial charge in [-0.15, -0.1) is 0 Å². The third-order valence-corrected chi connectivity index (χ3v) is 3.21. The van der Waals surface area contributed by atoms with Crippen molar-refractivity contribution >= 4 is 11.4 Å². The molecule has 3 heteroatoms. The quantitative estimate of drug-likeness (QED) is 0.592. The summed E-state index contributed by atoms with van der Waals surface area (Å²) >= 11 is 0. The molecule has 86 valence electrons. The SMILES string of the molecule is CC1CCC(N=Nc2ccc(N)cc2)CC1. The van der Waals surface area contributed by atoms with Crippen molar-refractivity contribution in [1.82, 2.24) is 0 Å². The molecule has 1 aliphatic rings. The van der Waals surface area contributed by atoms with Crippen LogP contribution >= 0.6 is 0 Å². The van der Waals surface area contributed by atoms with Gasteiger partial charge in [0.2, 0.25) is 0 Å². The summed E-state index contributed by atoms with van der Waals surface area (Å²) in [5.74, 6) is 0.864. The molecule has 3 nitrogen and oxygen atoms in total. The van der Waals surface area contributed by atoms with Crippen molar-refractivity contribution in [3.05, 3.63) is 24.3 Å². The molecule has 1 saturated carbocycles. The van der Waals surface area contributed by atoms with Gasteiger partial charge in [0.1, 0.15) is 0 Å². The molecule has 0 radical (unpaired) electrons. The van der Waals surface area contributed by atoms with Gasteiger partial charge in [-0.05, 0) is 55.9 Å². The van der Waals surface area contributed by atoms with E-state index in [-0.39, 0.29) is 0 Å². The Kier molecular flexibility index (Phi) is 3.54. The monoisotopic (exact) mass is 217 g/mol. The van der Waals surface area contributed by atoms with E-state index in [9.17, 15) is 0 Å². The van der Waals surface area contributed by atoms with Crippen molar-refractivity contribution in [2.75, 3.05) is 5.73 Å². The van der Waals surface area contributed by atoms with Gasteiger partial charge in [0.05, 0.1) is 11.7 Å². The van der Waals surface area contributed by atoms with Crippen LogP contribution in [0, 0.1) is 5.92 Å². The van der Waals surface area contributed by atoms with E-state index >= 15 is 0 Å². The average Bonchev–Trinajstić information content (AvgIpc) is 2.30. The first-order valence-electron chi connectivity index (χ1n) is 6.00. The Morgan fingerprint density at radius 1 is 1.06 bits per heavy atom. The molecule has 0 aromatic heterocycles. The fourth-order valence-electron chi connectivity index (χ4n) is 2.05. The standard InChI is InChI=1S/C13H19N3/c1-10-2-6-12(7-3-10)15-16-13-8-4-11(14)5-9-13/h4-5,8-10,12H,2-3,6-7,14H2,1H3. The van der Waals surface area contributed by atoms with E-state index in [1.807, 2.05) is 24.3 Å².